The molecule has 1 aromatic rings. The second-order valence-electron chi connectivity index (χ2n) is 5.91. The second kappa shape index (κ2) is 11.5. The topological polar surface area (TPSA) is 54.2 Å². The summed E-state index contributed by atoms with van der Waals surface area (Å²) in [6.45, 7) is 1.89. The van der Waals surface area contributed by atoms with E-state index in [4.69, 9.17) is 0 Å². The number of allylic oxidation sites excluding steroid dienone is 1. The highest BCUT2D eigenvalue weighted by atomic mass is 127. The lowest BCUT2D eigenvalue weighted by molar-refractivity contribution is 0.664. The molecule has 1 aromatic heterocycles. The predicted octanol–water partition coefficient (Wildman–Crippen LogP) is 3.03. The number of hydrogen-bond donors (Lipinski definition) is 2. The van der Waals surface area contributed by atoms with Gasteiger partial charge in [-0.2, -0.15) is 5.10 Å². The van der Waals surface area contributed by atoms with Crippen LogP contribution in [-0.2, 0) is 13.5 Å². The highest BCUT2D eigenvalue weighted by molar-refractivity contribution is 14.0. The van der Waals surface area contributed by atoms with E-state index >= 15 is 0 Å². The molecule has 0 amide bonds. The molecule has 130 valence electrons. The number of nitrogens with zero attached hydrogens (tertiary/aromatic N) is 3. The molecule has 1 heterocycles. The third-order valence-corrected chi connectivity index (χ3v) is 4.04. The number of hydrogen-bond acceptors (Lipinski definition) is 2. The number of aryl methyl sites for hydroxylation is 2. The van der Waals surface area contributed by atoms with Crippen molar-refractivity contribution in [2.24, 2.45) is 12.0 Å². The molecular formula is C17H30IN5. The van der Waals surface area contributed by atoms with Gasteiger partial charge in [-0.15, -0.1) is 24.0 Å². The van der Waals surface area contributed by atoms with Gasteiger partial charge in [0.05, 0.1) is 6.20 Å². The summed E-state index contributed by atoms with van der Waals surface area (Å²) in [5.41, 5.74) is 2.89. The Morgan fingerprint density at radius 3 is 2.74 bits per heavy atom. The maximum absolute atomic E-state index is 4.28. The molecule has 2 N–H and O–H groups in total. The van der Waals surface area contributed by atoms with Crippen molar-refractivity contribution in [3.63, 3.8) is 0 Å². The highest BCUT2D eigenvalue weighted by Gasteiger charge is 2.04. The van der Waals surface area contributed by atoms with Crippen LogP contribution in [0.2, 0.25) is 0 Å². The van der Waals surface area contributed by atoms with E-state index in [9.17, 15) is 0 Å². The van der Waals surface area contributed by atoms with Crippen LogP contribution in [0.5, 0.6) is 0 Å². The molecule has 23 heavy (non-hydrogen) atoms. The minimum Gasteiger partial charge on any atom is -0.356 e. The Hall–Kier alpha value is -1.05. The third kappa shape index (κ3) is 7.85. The van der Waals surface area contributed by atoms with Crippen molar-refractivity contribution in [2.75, 3.05) is 20.1 Å². The first-order valence-electron chi connectivity index (χ1n) is 8.38. The normalized spacial score (nSPS) is 14.9. The van der Waals surface area contributed by atoms with Crippen molar-refractivity contribution in [1.29, 1.82) is 0 Å². The van der Waals surface area contributed by atoms with Gasteiger partial charge in [-0.05, 0) is 50.5 Å². The molecule has 0 saturated heterocycles. The fourth-order valence-corrected chi connectivity index (χ4v) is 2.79. The van der Waals surface area contributed by atoms with Crippen LogP contribution in [-0.4, -0.2) is 35.9 Å². The monoisotopic (exact) mass is 431 g/mol. The van der Waals surface area contributed by atoms with Gasteiger partial charge in [0.25, 0.3) is 0 Å². The van der Waals surface area contributed by atoms with Gasteiger partial charge in [-0.25, -0.2) is 0 Å². The second-order valence-corrected chi connectivity index (χ2v) is 5.91. The number of aliphatic imine (C=N–C) groups is 1. The number of nitrogens with one attached hydrogen (secondary N) is 2. The number of halogens is 1. The average molecular weight is 431 g/mol. The van der Waals surface area contributed by atoms with Crippen LogP contribution in [0.3, 0.4) is 0 Å². The van der Waals surface area contributed by atoms with E-state index in [2.05, 4.69) is 33.0 Å². The first-order valence-corrected chi connectivity index (χ1v) is 8.38. The van der Waals surface area contributed by atoms with Crippen LogP contribution in [0.25, 0.3) is 0 Å². The molecule has 0 fully saturated rings. The van der Waals surface area contributed by atoms with Crippen LogP contribution in [0, 0.1) is 0 Å². The van der Waals surface area contributed by atoms with Gasteiger partial charge < -0.3 is 10.6 Å². The molecule has 1 aliphatic carbocycles. The first kappa shape index (κ1) is 20.0. The number of guanidine groups is 1. The Labute approximate surface area is 157 Å². The lowest BCUT2D eigenvalue weighted by Crippen LogP contribution is -2.38. The van der Waals surface area contributed by atoms with Gasteiger partial charge in [-0.3, -0.25) is 9.67 Å². The summed E-state index contributed by atoms with van der Waals surface area (Å²) in [6.07, 6.45) is 14.9. The van der Waals surface area contributed by atoms with Crippen LogP contribution >= 0.6 is 24.0 Å². The summed E-state index contributed by atoms with van der Waals surface area (Å²) < 4.78 is 1.85. The molecular weight excluding hydrogens is 401 g/mol. The largest absolute Gasteiger partial charge is 0.356 e. The summed E-state index contributed by atoms with van der Waals surface area (Å²) in [6, 6.07) is 0. The fraction of sp³-hybridized carbons (Fsp3) is 0.647. The highest BCUT2D eigenvalue weighted by Crippen LogP contribution is 2.19. The molecule has 0 spiro atoms. The summed E-state index contributed by atoms with van der Waals surface area (Å²) in [4.78, 5) is 4.28. The van der Waals surface area contributed by atoms with Crippen LogP contribution in [0.1, 0.15) is 44.1 Å². The summed E-state index contributed by atoms with van der Waals surface area (Å²) >= 11 is 0. The molecule has 2 rings (SSSR count). The lowest BCUT2D eigenvalue weighted by atomic mass is 9.97. The third-order valence-electron chi connectivity index (χ3n) is 4.04. The van der Waals surface area contributed by atoms with Gasteiger partial charge in [0.2, 0.25) is 0 Å². The smallest absolute Gasteiger partial charge is 0.190 e. The standard InChI is InChI=1S/C17H29N5.HI/c1-18-17(20-12-10-15-7-4-3-5-8-15)19-11-6-9-16-13-21-22(2)14-16;/h7,13-14H,3-6,8-12H2,1-2H3,(H2,18,19,20);1H. The molecule has 0 saturated carbocycles. The Balaban J connectivity index is 0.00000264. The molecule has 0 radical (unpaired) electrons. The maximum atomic E-state index is 4.28. The molecule has 0 unspecified atom stereocenters. The number of rotatable bonds is 7. The van der Waals surface area contributed by atoms with Crippen molar-refractivity contribution in [1.82, 2.24) is 20.4 Å². The summed E-state index contributed by atoms with van der Waals surface area (Å²) in [5, 5.41) is 11.0. The van der Waals surface area contributed by atoms with Crippen molar-refractivity contribution in [2.45, 2.75) is 44.9 Å². The van der Waals surface area contributed by atoms with E-state index in [0.717, 1.165) is 38.3 Å². The number of aromatic nitrogens is 2. The van der Waals surface area contributed by atoms with Crippen molar-refractivity contribution in [3.05, 3.63) is 29.6 Å². The van der Waals surface area contributed by atoms with Crippen molar-refractivity contribution >= 4 is 29.9 Å². The van der Waals surface area contributed by atoms with E-state index in [1.807, 2.05) is 25.0 Å². The van der Waals surface area contributed by atoms with E-state index in [-0.39, 0.29) is 24.0 Å². The molecule has 1 aliphatic rings. The lowest BCUT2D eigenvalue weighted by Gasteiger charge is -2.15. The van der Waals surface area contributed by atoms with E-state index in [1.54, 1.807) is 5.57 Å². The minimum atomic E-state index is 0. The van der Waals surface area contributed by atoms with Gasteiger partial charge in [0.15, 0.2) is 5.96 Å². The average Bonchev–Trinajstić information content (AvgIpc) is 2.96. The minimum absolute atomic E-state index is 0. The van der Waals surface area contributed by atoms with Crippen LogP contribution in [0.4, 0.5) is 0 Å². The van der Waals surface area contributed by atoms with E-state index in [0.29, 0.717) is 0 Å². The summed E-state index contributed by atoms with van der Waals surface area (Å²) in [5.74, 6) is 0.905. The zero-order valence-electron chi connectivity index (χ0n) is 14.3. The Morgan fingerprint density at radius 2 is 2.09 bits per heavy atom. The fourth-order valence-electron chi connectivity index (χ4n) is 2.79. The predicted molar refractivity (Wildman–Crippen MR) is 107 cm³/mol. The Bertz CT molecular complexity index is 507. The Morgan fingerprint density at radius 1 is 1.26 bits per heavy atom. The van der Waals surface area contributed by atoms with E-state index in [1.165, 1.54) is 31.2 Å². The van der Waals surface area contributed by atoms with E-state index < -0.39 is 0 Å². The Kier molecular flexibility index (Phi) is 9.98. The van der Waals surface area contributed by atoms with Gasteiger partial charge in [0, 0.05) is 33.4 Å². The molecule has 0 aliphatic heterocycles. The quantitative estimate of drug-likeness (QED) is 0.230. The molecule has 6 heteroatoms. The van der Waals surface area contributed by atoms with Gasteiger partial charge >= 0.3 is 0 Å². The maximum Gasteiger partial charge on any atom is 0.190 e. The zero-order valence-corrected chi connectivity index (χ0v) is 16.7. The van der Waals surface area contributed by atoms with Crippen LogP contribution in [0.15, 0.2) is 29.0 Å². The van der Waals surface area contributed by atoms with Crippen LogP contribution < -0.4 is 10.6 Å². The first-order chi connectivity index (χ1) is 10.8. The van der Waals surface area contributed by atoms with Gasteiger partial charge in [0.1, 0.15) is 0 Å². The SMILES string of the molecule is CN=C(NCCCc1cnn(C)c1)NCCC1=CCCCC1.I. The van der Waals surface area contributed by atoms with Crippen molar-refractivity contribution in [3.8, 4) is 0 Å². The van der Waals surface area contributed by atoms with Crippen molar-refractivity contribution < 1.29 is 0 Å². The van der Waals surface area contributed by atoms with Gasteiger partial charge in [-0.1, -0.05) is 11.6 Å². The molecule has 5 nitrogen and oxygen atoms in total. The summed E-state index contributed by atoms with van der Waals surface area (Å²) in [7, 11) is 3.78. The molecule has 0 atom stereocenters. The molecule has 0 bridgehead atoms. The zero-order chi connectivity index (χ0) is 15.6. The molecule has 0 aromatic carbocycles.